The second-order valence-electron chi connectivity index (χ2n) is 21.4. The second-order valence-corrected chi connectivity index (χ2v) is 21.4. The van der Waals surface area contributed by atoms with Gasteiger partial charge < -0.3 is 20.3 Å². The molecule has 1 amide bonds. The van der Waals surface area contributed by atoms with Crippen molar-refractivity contribution in [2.45, 2.75) is 366 Å². The van der Waals surface area contributed by atoms with E-state index in [-0.39, 0.29) is 18.5 Å². The summed E-state index contributed by atoms with van der Waals surface area (Å²) in [5.41, 5.74) is 0. The fraction of sp³-hybridized carbons (Fsp3) is 0.967. The van der Waals surface area contributed by atoms with Crippen molar-refractivity contribution in [3.05, 3.63) is 0 Å². The van der Waals surface area contributed by atoms with Gasteiger partial charge in [0.1, 0.15) is 0 Å². The normalized spacial score (nSPS) is 12.5. The minimum absolute atomic E-state index is 0.0201. The number of aliphatic hydroxyl groups excluding tert-OH is 2. The molecule has 0 radical (unpaired) electrons. The SMILES string of the molecule is CCCCCCCCCCCCCCC(=O)OCCCCCCCCCCCCCCCCCCCCCCCCCCCCCCC(=O)NC(CO)C(O)CCCCCCCCCCCC. The Kier molecular flexibility index (Phi) is 56.5. The smallest absolute Gasteiger partial charge is 0.305 e. The Hall–Kier alpha value is -1.14. The Morgan fingerprint density at radius 2 is 0.612 bits per heavy atom. The van der Waals surface area contributed by atoms with Crippen LogP contribution in [0, 0.1) is 0 Å². The van der Waals surface area contributed by atoms with Gasteiger partial charge in [-0.2, -0.15) is 0 Å². The van der Waals surface area contributed by atoms with Crippen LogP contribution in [0.1, 0.15) is 354 Å². The Morgan fingerprint density at radius 3 is 0.910 bits per heavy atom. The van der Waals surface area contributed by atoms with Gasteiger partial charge in [0, 0.05) is 12.8 Å². The van der Waals surface area contributed by atoms with Crippen LogP contribution >= 0.6 is 0 Å². The molecule has 0 rings (SSSR count). The Morgan fingerprint density at radius 1 is 0.358 bits per heavy atom. The molecule has 0 saturated carbocycles. The third-order valence-corrected chi connectivity index (χ3v) is 14.7. The number of nitrogens with one attached hydrogen (secondary N) is 1. The summed E-state index contributed by atoms with van der Waals surface area (Å²) in [6, 6.07) is -0.536. The van der Waals surface area contributed by atoms with Crippen molar-refractivity contribution in [1.82, 2.24) is 5.32 Å². The van der Waals surface area contributed by atoms with Crippen LogP contribution < -0.4 is 5.32 Å². The topological polar surface area (TPSA) is 95.9 Å². The van der Waals surface area contributed by atoms with Gasteiger partial charge in [-0.25, -0.2) is 0 Å². The number of hydrogen-bond acceptors (Lipinski definition) is 5. The van der Waals surface area contributed by atoms with E-state index in [0.29, 0.717) is 25.9 Å². The Bertz CT molecular complexity index is 959. The molecule has 67 heavy (non-hydrogen) atoms. The van der Waals surface area contributed by atoms with Gasteiger partial charge >= 0.3 is 5.97 Å². The van der Waals surface area contributed by atoms with Gasteiger partial charge in [0.2, 0.25) is 5.91 Å². The summed E-state index contributed by atoms with van der Waals surface area (Å²) in [6.07, 6.45) is 67.0. The maximum Gasteiger partial charge on any atom is 0.305 e. The lowest BCUT2D eigenvalue weighted by Gasteiger charge is -2.22. The van der Waals surface area contributed by atoms with Crippen molar-refractivity contribution >= 4 is 11.9 Å². The number of ether oxygens (including phenoxy) is 1. The van der Waals surface area contributed by atoms with E-state index in [9.17, 15) is 19.8 Å². The van der Waals surface area contributed by atoms with E-state index in [1.807, 2.05) is 0 Å². The predicted octanol–water partition coefficient (Wildman–Crippen LogP) is 19.1. The molecule has 0 heterocycles. The summed E-state index contributed by atoms with van der Waals surface area (Å²) >= 11 is 0. The predicted molar refractivity (Wildman–Crippen MR) is 292 cm³/mol. The maximum atomic E-state index is 12.4. The number of esters is 1. The fourth-order valence-electron chi connectivity index (χ4n) is 9.94. The molecule has 2 unspecified atom stereocenters. The van der Waals surface area contributed by atoms with E-state index in [2.05, 4.69) is 19.2 Å². The average molecular weight is 949 g/mol. The second kappa shape index (κ2) is 57.4. The number of amides is 1. The van der Waals surface area contributed by atoms with Gasteiger partial charge in [0.15, 0.2) is 0 Å². The van der Waals surface area contributed by atoms with Crippen LogP contribution in [-0.2, 0) is 14.3 Å². The highest BCUT2D eigenvalue weighted by Gasteiger charge is 2.20. The van der Waals surface area contributed by atoms with Gasteiger partial charge in [-0.15, -0.1) is 0 Å². The van der Waals surface area contributed by atoms with Crippen molar-refractivity contribution in [3.8, 4) is 0 Å². The van der Waals surface area contributed by atoms with E-state index in [1.54, 1.807) is 0 Å². The van der Waals surface area contributed by atoms with E-state index < -0.39 is 12.1 Å². The van der Waals surface area contributed by atoms with Gasteiger partial charge in [-0.1, -0.05) is 316 Å². The van der Waals surface area contributed by atoms with Crippen LogP contribution in [0.25, 0.3) is 0 Å². The molecule has 0 spiro atoms. The molecule has 400 valence electrons. The lowest BCUT2D eigenvalue weighted by Crippen LogP contribution is -2.45. The molecule has 3 N–H and O–H groups in total. The van der Waals surface area contributed by atoms with Gasteiger partial charge in [0.05, 0.1) is 25.4 Å². The van der Waals surface area contributed by atoms with Gasteiger partial charge in [-0.05, 0) is 25.7 Å². The number of carbonyl (C=O) groups is 2. The highest BCUT2D eigenvalue weighted by Crippen LogP contribution is 2.18. The zero-order valence-corrected chi connectivity index (χ0v) is 45.7. The van der Waals surface area contributed by atoms with Crippen LogP contribution in [0.3, 0.4) is 0 Å². The lowest BCUT2D eigenvalue weighted by atomic mass is 10.0. The monoisotopic (exact) mass is 948 g/mol. The lowest BCUT2D eigenvalue weighted by molar-refractivity contribution is -0.143. The number of rotatable bonds is 58. The number of aliphatic hydroxyl groups is 2. The summed E-state index contributed by atoms with van der Waals surface area (Å²) < 4.78 is 5.48. The van der Waals surface area contributed by atoms with Crippen molar-refractivity contribution < 1.29 is 24.5 Å². The Balaban J connectivity index is 3.30. The molecule has 0 aromatic heterocycles. The van der Waals surface area contributed by atoms with Gasteiger partial charge in [0.25, 0.3) is 0 Å². The zero-order chi connectivity index (χ0) is 48.6. The quantitative estimate of drug-likeness (QED) is 0.0417. The van der Waals surface area contributed by atoms with Crippen molar-refractivity contribution in [2.24, 2.45) is 0 Å². The molecule has 0 fully saturated rings. The Labute approximate surface area is 419 Å². The molecule has 0 aromatic carbocycles. The molecule has 6 heteroatoms. The minimum Gasteiger partial charge on any atom is -0.466 e. The van der Waals surface area contributed by atoms with Crippen LogP contribution in [-0.4, -0.2) is 47.4 Å². The summed E-state index contributed by atoms with van der Waals surface area (Å²) in [4.78, 5) is 24.4. The summed E-state index contributed by atoms with van der Waals surface area (Å²) in [6.45, 7) is 4.96. The highest BCUT2D eigenvalue weighted by molar-refractivity contribution is 5.76. The number of unbranched alkanes of at least 4 members (excludes halogenated alkanes) is 47. The molecule has 0 aromatic rings. The maximum absolute atomic E-state index is 12.4. The first-order chi connectivity index (χ1) is 33.0. The summed E-state index contributed by atoms with van der Waals surface area (Å²) in [5.74, 6) is -0.0114. The van der Waals surface area contributed by atoms with E-state index in [4.69, 9.17) is 4.74 Å². The standard InChI is InChI=1S/C61H121NO5/c1-3-5-7-9-11-13-15-35-39-43-47-51-55-61(66)67-56-52-48-44-40-36-33-31-29-27-25-23-21-19-17-16-18-20-22-24-26-28-30-32-34-38-42-46-50-54-60(65)62-58(57-63)59(64)53-49-45-41-37-14-12-10-8-6-4-2/h58-59,63-64H,3-57H2,1-2H3,(H,62,65). The first kappa shape index (κ1) is 65.9. The molecule has 2 atom stereocenters. The summed E-state index contributed by atoms with van der Waals surface area (Å²) in [5, 5.41) is 23.2. The van der Waals surface area contributed by atoms with Crippen molar-refractivity contribution in [2.75, 3.05) is 13.2 Å². The first-order valence-corrected chi connectivity index (χ1v) is 30.8. The third-order valence-electron chi connectivity index (χ3n) is 14.7. The molecule has 0 aliphatic carbocycles. The number of carbonyl (C=O) groups excluding carboxylic acids is 2. The number of hydrogen-bond donors (Lipinski definition) is 3. The average Bonchev–Trinajstić information content (AvgIpc) is 3.33. The van der Waals surface area contributed by atoms with Crippen LogP contribution in [0.4, 0.5) is 0 Å². The van der Waals surface area contributed by atoms with Crippen LogP contribution in [0.2, 0.25) is 0 Å². The van der Waals surface area contributed by atoms with E-state index >= 15 is 0 Å². The van der Waals surface area contributed by atoms with Crippen molar-refractivity contribution in [3.63, 3.8) is 0 Å². The van der Waals surface area contributed by atoms with Crippen LogP contribution in [0.15, 0.2) is 0 Å². The fourth-order valence-corrected chi connectivity index (χ4v) is 9.94. The molecule has 0 bridgehead atoms. The van der Waals surface area contributed by atoms with Crippen LogP contribution in [0.5, 0.6) is 0 Å². The zero-order valence-electron chi connectivity index (χ0n) is 45.7. The first-order valence-electron chi connectivity index (χ1n) is 30.8. The summed E-state index contributed by atoms with van der Waals surface area (Å²) in [7, 11) is 0. The molecule has 0 aliphatic rings. The molecular weight excluding hydrogens is 827 g/mol. The highest BCUT2D eigenvalue weighted by atomic mass is 16.5. The molecule has 6 nitrogen and oxygen atoms in total. The van der Waals surface area contributed by atoms with E-state index in [1.165, 1.54) is 283 Å². The largest absolute Gasteiger partial charge is 0.466 e. The van der Waals surface area contributed by atoms with Crippen molar-refractivity contribution in [1.29, 1.82) is 0 Å². The molecular formula is C61H121NO5. The third kappa shape index (κ3) is 54.0. The van der Waals surface area contributed by atoms with E-state index in [0.717, 1.165) is 38.5 Å². The molecule has 0 saturated heterocycles. The van der Waals surface area contributed by atoms with Gasteiger partial charge in [-0.3, -0.25) is 9.59 Å². The molecule has 0 aliphatic heterocycles. The minimum atomic E-state index is -0.658.